The van der Waals surface area contributed by atoms with Crippen LogP contribution in [-0.2, 0) is 14.9 Å². The lowest BCUT2D eigenvalue weighted by Crippen LogP contribution is -2.62. The number of nitrogens with zero attached hydrogens (tertiary/aromatic N) is 1. The second kappa shape index (κ2) is 5.11. The van der Waals surface area contributed by atoms with Gasteiger partial charge < -0.3 is 15.2 Å². The van der Waals surface area contributed by atoms with Crippen LogP contribution in [0.2, 0.25) is 0 Å². The highest BCUT2D eigenvalue weighted by Gasteiger charge is 2.82. The van der Waals surface area contributed by atoms with Crippen molar-refractivity contribution in [3.8, 4) is 0 Å². The van der Waals surface area contributed by atoms with Crippen LogP contribution in [0.1, 0.15) is 31.7 Å². The first-order valence-electron chi connectivity index (χ1n) is 9.58. The normalized spacial score (nSPS) is 41.5. The Bertz CT molecular complexity index is 821. The summed E-state index contributed by atoms with van der Waals surface area (Å²) in [5.74, 6) is -0.274. The SMILES string of the molecule is CC=C1CCN2CC[C@@]34c5ccccc5N[C@@]23C[C@@H]1[C@]4(CO)C(=O)OC. The summed E-state index contributed by atoms with van der Waals surface area (Å²) in [4.78, 5) is 15.9. The number of allylic oxidation sites excluding steroid dienone is 1. The van der Waals surface area contributed by atoms with Crippen LogP contribution in [0.4, 0.5) is 5.69 Å². The van der Waals surface area contributed by atoms with Gasteiger partial charge in [-0.15, -0.1) is 0 Å². The van der Waals surface area contributed by atoms with Gasteiger partial charge in [-0.25, -0.2) is 0 Å². The minimum Gasteiger partial charge on any atom is -0.468 e. The van der Waals surface area contributed by atoms with E-state index in [1.807, 2.05) is 12.1 Å². The highest BCUT2D eigenvalue weighted by Crippen LogP contribution is 2.74. The minimum absolute atomic E-state index is 0.00361. The van der Waals surface area contributed by atoms with Crippen LogP contribution >= 0.6 is 0 Å². The Kier molecular flexibility index (Phi) is 3.21. The van der Waals surface area contributed by atoms with Crippen molar-refractivity contribution in [3.63, 3.8) is 0 Å². The van der Waals surface area contributed by atoms with Gasteiger partial charge in [-0.2, -0.15) is 0 Å². The number of hydrogen-bond acceptors (Lipinski definition) is 5. The maximum Gasteiger partial charge on any atom is 0.315 e. The molecule has 1 aromatic carbocycles. The summed E-state index contributed by atoms with van der Waals surface area (Å²) < 4.78 is 5.36. The minimum atomic E-state index is -0.946. The van der Waals surface area contributed by atoms with Gasteiger partial charge in [0.15, 0.2) is 0 Å². The van der Waals surface area contributed by atoms with Crippen LogP contribution in [-0.4, -0.2) is 48.4 Å². The van der Waals surface area contributed by atoms with E-state index in [1.54, 1.807) is 0 Å². The highest BCUT2D eigenvalue weighted by molar-refractivity contribution is 5.86. The number of rotatable bonds is 2. The third-order valence-electron chi connectivity index (χ3n) is 7.87. The molecule has 1 saturated carbocycles. The van der Waals surface area contributed by atoms with Crippen LogP contribution in [0, 0.1) is 11.3 Å². The van der Waals surface area contributed by atoms with E-state index in [9.17, 15) is 9.90 Å². The molecule has 1 aromatic rings. The van der Waals surface area contributed by atoms with E-state index in [2.05, 4.69) is 35.3 Å². The maximum atomic E-state index is 13.4. The number of fused-ring (bicyclic) bond motifs is 2. The van der Waals surface area contributed by atoms with Crippen molar-refractivity contribution in [3.05, 3.63) is 41.5 Å². The average molecular weight is 354 g/mol. The molecule has 3 heterocycles. The Hall–Kier alpha value is -1.85. The van der Waals surface area contributed by atoms with E-state index >= 15 is 0 Å². The molecule has 26 heavy (non-hydrogen) atoms. The number of aliphatic hydroxyl groups is 1. The number of anilines is 1. The first-order valence-corrected chi connectivity index (χ1v) is 9.58. The van der Waals surface area contributed by atoms with E-state index in [-0.39, 0.29) is 24.2 Å². The zero-order valence-corrected chi connectivity index (χ0v) is 15.4. The van der Waals surface area contributed by atoms with E-state index in [0.717, 1.165) is 38.0 Å². The van der Waals surface area contributed by atoms with Gasteiger partial charge in [-0.3, -0.25) is 9.69 Å². The summed E-state index contributed by atoms with van der Waals surface area (Å²) in [6.07, 6.45) is 4.79. The number of hydrogen-bond donors (Lipinski definition) is 2. The number of carbonyl (C=O) groups excluding carboxylic acids is 1. The van der Waals surface area contributed by atoms with Gasteiger partial charge in [-0.1, -0.05) is 29.8 Å². The zero-order chi connectivity index (χ0) is 18.2. The third-order valence-corrected chi connectivity index (χ3v) is 7.87. The Morgan fingerprint density at radius 3 is 2.96 bits per heavy atom. The smallest absolute Gasteiger partial charge is 0.315 e. The number of carbonyl (C=O) groups is 1. The Balaban J connectivity index is 1.88. The molecule has 5 heteroatoms. The summed E-state index contributed by atoms with van der Waals surface area (Å²) in [7, 11) is 1.45. The van der Waals surface area contributed by atoms with Gasteiger partial charge in [-0.05, 0) is 37.8 Å². The second-order valence-electron chi connectivity index (χ2n) is 8.16. The van der Waals surface area contributed by atoms with Gasteiger partial charge in [0.05, 0.1) is 19.1 Å². The first kappa shape index (κ1) is 16.3. The lowest BCUT2D eigenvalue weighted by molar-refractivity contribution is -0.164. The number of benzene rings is 1. The molecule has 2 saturated heterocycles. The molecule has 1 spiro atoms. The van der Waals surface area contributed by atoms with Crippen LogP contribution < -0.4 is 5.32 Å². The second-order valence-corrected chi connectivity index (χ2v) is 8.16. The molecule has 138 valence electrons. The molecule has 4 atom stereocenters. The van der Waals surface area contributed by atoms with Crippen molar-refractivity contribution in [2.75, 3.05) is 32.1 Å². The predicted molar refractivity (Wildman–Crippen MR) is 98.7 cm³/mol. The van der Waals surface area contributed by atoms with E-state index in [4.69, 9.17) is 4.74 Å². The lowest BCUT2D eigenvalue weighted by Gasteiger charge is -2.48. The molecule has 0 amide bonds. The molecule has 1 aliphatic carbocycles. The standard InChI is InChI=1S/C21H26N2O3/c1-3-14-8-10-23-11-9-20-15-6-4-5-7-17(15)22-21(20,23)12-16(14)19(20,13-24)18(25)26-2/h3-7,16,22,24H,8-13H2,1-2H3/t16-,19+,20-,21-/m0/s1. The molecule has 0 aromatic heterocycles. The van der Waals surface area contributed by atoms with Crippen molar-refractivity contribution in [1.82, 2.24) is 4.90 Å². The van der Waals surface area contributed by atoms with E-state index < -0.39 is 10.8 Å². The Labute approximate surface area is 154 Å². The summed E-state index contributed by atoms with van der Waals surface area (Å²) >= 11 is 0. The number of esters is 1. The Morgan fingerprint density at radius 2 is 2.23 bits per heavy atom. The number of ether oxygens (including phenoxy) is 1. The molecule has 0 radical (unpaired) electrons. The molecular formula is C21H26N2O3. The average Bonchev–Trinajstić information content (AvgIpc) is 3.17. The van der Waals surface area contributed by atoms with Crippen molar-refractivity contribution in [2.24, 2.45) is 11.3 Å². The quantitative estimate of drug-likeness (QED) is 0.630. The van der Waals surface area contributed by atoms with Crippen LogP contribution in [0.5, 0.6) is 0 Å². The molecule has 0 unspecified atom stereocenters. The number of methoxy groups -OCH3 is 1. The Morgan fingerprint density at radius 1 is 1.42 bits per heavy atom. The summed E-state index contributed by atoms with van der Waals surface area (Å²) in [5, 5.41) is 14.6. The van der Waals surface area contributed by atoms with Gasteiger partial charge >= 0.3 is 5.97 Å². The van der Waals surface area contributed by atoms with Gasteiger partial charge in [0.25, 0.3) is 0 Å². The molecule has 2 bridgehead atoms. The van der Waals surface area contributed by atoms with E-state index in [0.29, 0.717) is 0 Å². The first-order chi connectivity index (χ1) is 12.6. The lowest BCUT2D eigenvalue weighted by atomic mass is 9.56. The van der Waals surface area contributed by atoms with Gasteiger partial charge in [0, 0.05) is 24.7 Å². The summed E-state index contributed by atoms with van der Waals surface area (Å²) in [6.45, 7) is 3.79. The fraction of sp³-hybridized carbons (Fsp3) is 0.571. The number of aliphatic hydroxyl groups excluding tert-OH is 1. The van der Waals surface area contributed by atoms with Crippen LogP contribution in [0.15, 0.2) is 35.9 Å². The van der Waals surface area contributed by atoms with Gasteiger partial charge in [0.2, 0.25) is 0 Å². The summed E-state index contributed by atoms with van der Waals surface area (Å²) in [5.41, 5.74) is 1.82. The molecular weight excluding hydrogens is 328 g/mol. The maximum absolute atomic E-state index is 13.4. The molecule has 5 nitrogen and oxygen atoms in total. The topological polar surface area (TPSA) is 61.8 Å². The largest absolute Gasteiger partial charge is 0.468 e. The molecule has 3 fully saturated rings. The summed E-state index contributed by atoms with van der Waals surface area (Å²) in [6, 6.07) is 8.32. The van der Waals surface area contributed by atoms with Crippen molar-refractivity contribution < 1.29 is 14.6 Å². The number of para-hydroxylation sites is 1. The van der Waals surface area contributed by atoms with Crippen LogP contribution in [0.25, 0.3) is 0 Å². The predicted octanol–water partition coefficient (Wildman–Crippen LogP) is 2.27. The fourth-order valence-electron chi connectivity index (χ4n) is 7.00. The van der Waals surface area contributed by atoms with Crippen molar-refractivity contribution >= 4 is 11.7 Å². The van der Waals surface area contributed by atoms with Crippen molar-refractivity contribution in [1.29, 1.82) is 0 Å². The van der Waals surface area contributed by atoms with E-state index in [1.165, 1.54) is 18.2 Å². The highest BCUT2D eigenvalue weighted by atomic mass is 16.5. The van der Waals surface area contributed by atoms with Crippen molar-refractivity contribution in [2.45, 2.75) is 37.3 Å². The number of nitrogens with one attached hydrogen (secondary N) is 1. The third kappa shape index (κ3) is 1.43. The monoisotopic (exact) mass is 354 g/mol. The van der Waals surface area contributed by atoms with Gasteiger partial charge in [0.1, 0.15) is 11.1 Å². The molecule has 5 rings (SSSR count). The fourth-order valence-corrected chi connectivity index (χ4v) is 7.00. The zero-order valence-electron chi connectivity index (χ0n) is 15.4. The van der Waals surface area contributed by atoms with Crippen LogP contribution in [0.3, 0.4) is 0 Å². The molecule has 4 aliphatic rings. The molecule has 3 aliphatic heterocycles. The molecule has 2 N–H and O–H groups in total.